The Bertz CT molecular complexity index is 228. The van der Waals surface area contributed by atoms with E-state index in [1.807, 2.05) is 19.2 Å². The van der Waals surface area contributed by atoms with Gasteiger partial charge in [-0.2, -0.15) is 5.10 Å². The first-order valence-electron chi connectivity index (χ1n) is 2.29. The summed E-state index contributed by atoms with van der Waals surface area (Å²) < 4.78 is 2.41. The van der Waals surface area contributed by atoms with Crippen LogP contribution in [0.5, 0.6) is 0 Å². The van der Waals surface area contributed by atoms with Crippen LogP contribution in [0.15, 0.2) is 18.3 Å². The van der Waals surface area contributed by atoms with E-state index in [1.165, 1.54) is 0 Å². The zero-order valence-corrected chi connectivity index (χ0v) is 5.35. The second-order valence-corrected chi connectivity index (χ2v) is 1.90. The third-order valence-corrected chi connectivity index (χ3v) is 1.28. The molecule has 1 heterocycles. The van der Waals surface area contributed by atoms with Gasteiger partial charge in [0, 0.05) is 13.2 Å². The molecule has 0 saturated carbocycles. The molecule has 0 N–H and O–H groups in total. The van der Waals surface area contributed by atoms with Gasteiger partial charge in [0.05, 0.1) is 0 Å². The maximum Gasteiger partial charge on any atom is 0.122 e. The molecule has 0 radical (unpaired) electrons. The molecule has 1 aromatic heterocycles. The van der Waals surface area contributed by atoms with Crippen molar-refractivity contribution in [3.05, 3.63) is 23.0 Å². The number of aryl methyl sites for hydroxylation is 1. The van der Waals surface area contributed by atoms with Gasteiger partial charge in [-0.3, -0.25) is 4.68 Å². The van der Waals surface area contributed by atoms with Gasteiger partial charge in [-0.15, -0.1) is 0 Å². The maximum absolute atomic E-state index is 4.85. The predicted octanol–water partition coefficient (Wildman–Crippen LogP) is 1.15. The van der Waals surface area contributed by atoms with Gasteiger partial charge < -0.3 is 0 Å². The summed E-state index contributed by atoms with van der Waals surface area (Å²) in [6.07, 6.45) is 1.70. The van der Waals surface area contributed by atoms with E-state index < -0.39 is 0 Å². The molecular weight excluding hydrogens is 120 g/mol. The molecule has 8 heavy (non-hydrogen) atoms. The summed E-state index contributed by atoms with van der Waals surface area (Å²) in [6, 6.07) is 3.66. The van der Waals surface area contributed by atoms with Crippen LogP contribution in [0.25, 0.3) is 0 Å². The van der Waals surface area contributed by atoms with Gasteiger partial charge in [0.15, 0.2) is 0 Å². The first-order valence-corrected chi connectivity index (χ1v) is 2.70. The summed E-state index contributed by atoms with van der Waals surface area (Å²) in [6.45, 7) is 0. The topological polar surface area (TPSA) is 17.8 Å². The quantitative estimate of drug-likeness (QED) is 0.485. The van der Waals surface area contributed by atoms with Crippen molar-refractivity contribution in [1.29, 1.82) is 0 Å². The van der Waals surface area contributed by atoms with E-state index in [4.69, 9.17) is 12.2 Å². The third-order valence-electron chi connectivity index (χ3n) is 0.884. The van der Waals surface area contributed by atoms with Crippen LogP contribution in [0.4, 0.5) is 0 Å². The zero-order valence-electron chi connectivity index (χ0n) is 4.53. The molecule has 0 fully saturated rings. The summed E-state index contributed by atoms with van der Waals surface area (Å²) in [5, 5.41) is 3.89. The molecule has 0 saturated heterocycles. The lowest BCUT2D eigenvalue weighted by Gasteiger charge is -1.90. The van der Waals surface area contributed by atoms with Gasteiger partial charge >= 0.3 is 0 Å². The lowest BCUT2D eigenvalue weighted by atomic mass is 10.6. The van der Waals surface area contributed by atoms with E-state index in [-0.39, 0.29) is 0 Å². The average molecular weight is 126 g/mol. The van der Waals surface area contributed by atoms with Crippen molar-refractivity contribution < 1.29 is 0 Å². The Balaban J connectivity index is 3.35. The number of rotatable bonds is 0. The van der Waals surface area contributed by atoms with Gasteiger partial charge in [0.2, 0.25) is 0 Å². The van der Waals surface area contributed by atoms with Crippen molar-refractivity contribution >= 4 is 12.2 Å². The molecule has 0 aliphatic carbocycles. The second kappa shape index (κ2) is 2.05. The minimum atomic E-state index is 0.757. The summed E-state index contributed by atoms with van der Waals surface area (Å²) in [7, 11) is 1.82. The Hall–Kier alpha value is -0.700. The van der Waals surface area contributed by atoms with Crippen molar-refractivity contribution in [2.75, 3.05) is 0 Å². The Morgan fingerprint density at radius 2 is 2.50 bits per heavy atom. The molecule has 0 spiro atoms. The van der Waals surface area contributed by atoms with Crippen molar-refractivity contribution in [2.24, 2.45) is 7.05 Å². The van der Waals surface area contributed by atoms with Gasteiger partial charge in [-0.1, -0.05) is 12.2 Å². The fourth-order valence-electron chi connectivity index (χ4n) is 0.429. The Labute approximate surface area is 52.8 Å². The summed E-state index contributed by atoms with van der Waals surface area (Å²) in [5.74, 6) is 0. The lowest BCUT2D eigenvalue weighted by molar-refractivity contribution is 0.726. The minimum Gasteiger partial charge on any atom is -0.258 e. The summed E-state index contributed by atoms with van der Waals surface area (Å²) >= 11 is 4.85. The molecule has 1 rings (SSSR count). The molecule has 0 bridgehead atoms. The van der Waals surface area contributed by atoms with Gasteiger partial charge in [-0.25, -0.2) is 0 Å². The van der Waals surface area contributed by atoms with Crippen LogP contribution < -0.4 is 0 Å². The van der Waals surface area contributed by atoms with Crippen molar-refractivity contribution in [3.8, 4) is 0 Å². The fourth-order valence-corrected chi connectivity index (χ4v) is 0.554. The molecule has 0 aliphatic heterocycles. The van der Waals surface area contributed by atoms with Crippen LogP contribution in [-0.4, -0.2) is 9.78 Å². The van der Waals surface area contributed by atoms with E-state index in [1.54, 1.807) is 10.9 Å². The smallest absolute Gasteiger partial charge is 0.122 e. The highest BCUT2D eigenvalue weighted by molar-refractivity contribution is 7.71. The van der Waals surface area contributed by atoms with Gasteiger partial charge in [0.1, 0.15) is 4.64 Å². The van der Waals surface area contributed by atoms with Crippen molar-refractivity contribution in [3.63, 3.8) is 0 Å². The predicted molar refractivity (Wildman–Crippen MR) is 34.0 cm³/mol. The highest BCUT2D eigenvalue weighted by Crippen LogP contribution is 1.82. The second-order valence-electron chi connectivity index (χ2n) is 1.49. The number of nitrogens with zero attached hydrogens (tertiary/aromatic N) is 2. The molecule has 1 aromatic rings. The minimum absolute atomic E-state index is 0.757. The lowest BCUT2D eigenvalue weighted by Crippen LogP contribution is -1.94. The molecule has 0 aliphatic rings. The molecule has 0 unspecified atom stereocenters. The van der Waals surface area contributed by atoms with E-state index in [9.17, 15) is 0 Å². The standard InChI is InChI=1S/C5H6N2S/c1-7-5(8)3-2-4-6-7/h2-4H,1H3. The van der Waals surface area contributed by atoms with Crippen LogP contribution in [-0.2, 0) is 7.05 Å². The third kappa shape index (κ3) is 0.924. The summed E-state index contributed by atoms with van der Waals surface area (Å²) in [5.41, 5.74) is 0. The number of hydrogen-bond acceptors (Lipinski definition) is 2. The van der Waals surface area contributed by atoms with E-state index in [2.05, 4.69) is 5.10 Å². The first-order chi connectivity index (χ1) is 3.80. The molecule has 2 nitrogen and oxygen atoms in total. The Kier molecular flexibility index (Phi) is 1.39. The molecule has 0 aromatic carbocycles. The Morgan fingerprint density at radius 1 is 1.75 bits per heavy atom. The Morgan fingerprint density at radius 3 is 2.88 bits per heavy atom. The molecule has 0 atom stereocenters. The van der Waals surface area contributed by atoms with Crippen LogP contribution in [0, 0.1) is 4.64 Å². The van der Waals surface area contributed by atoms with Crippen LogP contribution >= 0.6 is 12.2 Å². The normalized spacial score (nSPS) is 9.12. The van der Waals surface area contributed by atoms with E-state index in [0.29, 0.717) is 0 Å². The molecule has 0 amide bonds. The molecule has 42 valence electrons. The van der Waals surface area contributed by atoms with E-state index >= 15 is 0 Å². The fraction of sp³-hybridized carbons (Fsp3) is 0.200. The van der Waals surface area contributed by atoms with Crippen molar-refractivity contribution in [1.82, 2.24) is 9.78 Å². The highest BCUT2D eigenvalue weighted by atomic mass is 32.1. The van der Waals surface area contributed by atoms with Crippen molar-refractivity contribution in [2.45, 2.75) is 0 Å². The first kappa shape index (κ1) is 5.44. The largest absolute Gasteiger partial charge is 0.258 e. The number of aromatic nitrogens is 2. The van der Waals surface area contributed by atoms with E-state index in [0.717, 1.165) is 4.64 Å². The molecule has 3 heteroatoms. The number of hydrogen-bond donors (Lipinski definition) is 0. The van der Waals surface area contributed by atoms with Crippen LogP contribution in [0.2, 0.25) is 0 Å². The van der Waals surface area contributed by atoms with Crippen LogP contribution in [0.3, 0.4) is 0 Å². The SMILES string of the molecule is Cn1ncccc1=S. The molecular formula is C5H6N2S. The van der Waals surface area contributed by atoms with Crippen LogP contribution in [0.1, 0.15) is 0 Å². The van der Waals surface area contributed by atoms with Gasteiger partial charge in [-0.05, 0) is 12.1 Å². The van der Waals surface area contributed by atoms with Gasteiger partial charge in [0.25, 0.3) is 0 Å². The highest BCUT2D eigenvalue weighted by Gasteiger charge is 1.76. The summed E-state index contributed by atoms with van der Waals surface area (Å²) in [4.78, 5) is 0. The average Bonchev–Trinajstić information content (AvgIpc) is 1.77. The zero-order chi connectivity index (χ0) is 5.98. The maximum atomic E-state index is 4.85. The monoisotopic (exact) mass is 126 g/mol.